The van der Waals surface area contributed by atoms with Gasteiger partial charge in [0, 0.05) is 12.1 Å². The van der Waals surface area contributed by atoms with Crippen LogP contribution >= 0.6 is 22.9 Å². The number of methoxy groups -OCH3 is 1. The van der Waals surface area contributed by atoms with Gasteiger partial charge in [0.2, 0.25) is 0 Å². The van der Waals surface area contributed by atoms with Gasteiger partial charge in [-0.15, -0.1) is 11.3 Å². The highest BCUT2D eigenvalue weighted by Crippen LogP contribution is 2.32. The number of halogens is 1. The first-order valence-electron chi connectivity index (χ1n) is 5.44. The highest BCUT2D eigenvalue weighted by molar-refractivity contribution is 7.94. The van der Waals surface area contributed by atoms with Crippen molar-refractivity contribution in [2.75, 3.05) is 11.8 Å². The van der Waals surface area contributed by atoms with E-state index in [1.54, 1.807) is 0 Å². The zero-order valence-corrected chi connectivity index (χ0v) is 13.0. The lowest BCUT2D eigenvalue weighted by Crippen LogP contribution is -2.12. The van der Waals surface area contributed by atoms with Crippen molar-refractivity contribution in [3.63, 3.8) is 0 Å². The summed E-state index contributed by atoms with van der Waals surface area (Å²) in [6.07, 6.45) is 0. The van der Waals surface area contributed by atoms with Gasteiger partial charge in [0.05, 0.1) is 22.1 Å². The highest BCUT2D eigenvalue weighted by atomic mass is 35.5. The second kappa shape index (κ2) is 5.88. The molecule has 112 valence electrons. The summed E-state index contributed by atoms with van der Waals surface area (Å²) in [5.41, 5.74) is -0.270. The summed E-state index contributed by atoms with van der Waals surface area (Å²) in [6, 6.07) is 6.42. The van der Waals surface area contributed by atoms with E-state index in [9.17, 15) is 18.5 Å². The molecule has 0 saturated carbocycles. The van der Waals surface area contributed by atoms with Gasteiger partial charge in [0.25, 0.3) is 15.7 Å². The fraction of sp³-hybridized carbons (Fsp3) is 0.0909. The van der Waals surface area contributed by atoms with Crippen molar-refractivity contribution in [3.05, 3.63) is 44.8 Å². The maximum atomic E-state index is 12.2. The number of nitrogens with one attached hydrogen (secondary N) is 1. The van der Waals surface area contributed by atoms with Gasteiger partial charge >= 0.3 is 0 Å². The number of nitro benzene ring substituents is 1. The maximum absolute atomic E-state index is 12.2. The molecule has 0 radical (unpaired) electrons. The van der Waals surface area contributed by atoms with Gasteiger partial charge in [-0.2, -0.15) is 0 Å². The first-order valence-corrected chi connectivity index (χ1v) is 8.12. The third-order valence-electron chi connectivity index (χ3n) is 2.45. The molecule has 2 aromatic rings. The molecule has 1 heterocycles. The Kier molecular flexibility index (Phi) is 4.35. The van der Waals surface area contributed by atoms with E-state index in [0.29, 0.717) is 4.34 Å². The summed E-state index contributed by atoms with van der Waals surface area (Å²) < 4.78 is 31.9. The molecular formula is C11H9ClN2O5S2. The largest absolute Gasteiger partial charge is 0.495 e. The number of sulfonamides is 1. The number of ether oxygens (including phenoxy) is 1. The number of thiophene rings is 1. The quantitative estimate of drug-likeness (QED) is 0.661. The number of nitro groups is 1. The Morgan fingerprint density at radius 1 is 1.33 bits per heavy atom. The average Bonchev–Trinajstić information content (AvgIpc) is 2.85. The summed E-state index contributed by atoms with van der Waals surface area (Å²) in [7, 11) is -2.55. The van der Waals surface area contributed by atoms with E-state index in [-0.39, 0.29) is 21.3 Å². The van der Waals surface area contributed by atoms with E-state index in [1.807, 2.05) is 0 Å². The third kappa shape index (κ3) is 3.43. The lowest BCUT2D eigenvalue weighted by Gasteiger charge is -2.10. The molecule has 0 bridgehead atoms. The van der Waals surface area contributed by atoms with E-state index in [2.05, 4.69) is 4.72 Å². The zero-order chi connectivity index (χ0) is 15.6. The predicted molar refractivity (Wildman–Crippen MR) is 79.8 cm³/mol. The van der Waals surface area contributed by atoms with Crippen LogP contribution in [0.2, 0.25) is 4.34 Å². The SMILES string of the molecule is COc1ccc([N+](=O)[O-])cc1NS(=O)(=O)c1ccc(Cl)s1. The van der Waals surface area contributed by atoms with Crippen LogP contribution in [0.25, 0.3) is 0 Å². The molecule has 1 aromatic heterocycles. The third-order valence-corrected chi connectivity index (χ3v) is 5.54. The maximum Gasteiger partial charge on any atom is 0.271 e. The summed E-state index contributed by atoms with van der Waals surface area (Å²) in [5, 5.41) is 10.8. The zero-order valence-electron chi connectivity index (χ0n) is 10.6. The minimum atomic E-state index is -3.89. The summed E-state index contributed by atoms with van der Waals surface area (Å²) in [5.74, 6) is 0.173. The Bertz CT molecular complexity index is 788. The van der Waals surface area contributed by atoms with Gasteiger partial charge in [-0.3, -0.25) is 14.8 Å². The standard InChI is InChI=1S/C11H9ClN2O5S2/c1-19-9-3-2-7(14(15)16)6-8(9)13-21(17,18)11-5-4-10(12)20-11/h2-6,13H,1H3. The van der Waals surface area contributed by atoms with Gasteiger partial charge in [0.15, 0.2) is 0 Å². The Balaban J connectivity index is 2.42. The molecule has 7 nitrogen and oxygen atoms in total. The smallest absolute Gasteiger partial charge is 0.271 e. The van der Waals surface area contributed by atoms with Crippen LogP contribution in [0, 0.1) is 10.1 Å². The number of nitrogens with zero attached hydrogens (tertiary/aromatic N) is 1. The van der Waals surface area contributed by atoms with Gasteiger partial charge in [-0.1, -0.05) is 11.6 Å². The molecule has 0 spiro atoms. The van der Waals surface area contributed by atoms with Gasteiger partial charge in [-0.05, 0) is 18.2 Å². The van der Waals surface area contributed by atoms with Crippen molar-refractivity contribution in [2.24, 2.45) is 0 Å². The molecule has 0 saturated heterocycles. The van der Waals surface area contributed by atoms with E-state index in [4.69, 9.17) is 16.3 Å². The van der Waals surface area contributed by atoms with Crippen LogP contribution < -0.4 is 9.46 Å². The molecule has 0 aliphatic heterocycles. The van der Waals surface area contributed by atoms with Crippen LogP contribution in [0.3, 0.4) is 0 Å². The van der Waals surface area contributed by atoms with Gasteiger partial charge < -0.3 is 4.74 Å². The fourth-order valence-corrected chi connectivity index (χ4v) is 4.07. The van der Waals surface area contributed by atoms with E-state index < -0.39 is 14.9 Å². The monoisotopic (exact) mass is 348 g/mol. The molecule has 0 aliphatic carbocycles. The van der Waals surface area contributed by atoms with Crippen LogP contribution in [-0.4, -0.2) is 20.5 Å². The molecule has 0 unspecified atom stereocenters. The molecular weight excluding hydrogens is 340 g/mol. The first-order chi connectivity index (χ1) is 9.83. The van der Waals surface area contributed by atoms with E-state index in [1.165, 1.54) is 31.4 Å². The predicted octanol–water partition coefficient (Wildman–Crippen LogP) is 3.12. The second-order valence-corrected chi connectivity index (χ2v) is 7.43. The summed E-state index contributed by atoms with van der Waals surface area (Å²) >= 11 is 6.59. The number of benzene rings is 1. The first kappa shape index (κ1) is 15.5. The Hall–Kier alpha value is -1.84. The molecule has 0 fully saturated rings. The Labute approximate surface area is 129 Å². The average molecular weight is 349 g/mol. The molecule has 1 N–H and O–H groups in total. The van der Waals surface area contributed by atoms with Crippen molar-refractivity contribution in [1.29, 1.82) is 0 Å². The number of hydrogen-bond acceptors (Lipinski definition) is 6. The second-order valence-electron chi connectivity index (χ2n) is 3.81. The molecule has 2 rings (SSSR count). The molecule has 10 heteroatoms. The van der Waals surface area contributed by atoms with Crippen molar-refractivity contribution in [2.45, 2.75) is 4.21 Å². The van der Waals surface area contributed by atoms with Crippen LogP contribution in [0.4, 0.5) is 11.4 Å². The van der Waals surface area contributed by atoms with E-state index >= 15 is 0 Å². The Morgan fingerprint density at radius 2 is 2.05 bits per heavy atom. The summed E-state index contributed by atoms with van der Waals surface area (Å²) in [6.45, 7) is 0. The summed E-state index contributed by atoms with van der Waals surface area (Å²) in [4.78, 5) is 10.1. The number of rotatable bonds is 5. The lowest BCUT2D eigenvalue weighted by atomic mass is 10.2. The molecule has 0 atom stereocenters. The highest BCUT2D eigenvalue weighted by Gasteiger charge is 2.20. The van der Waals surface area contributed by atoms with Gasteiger partial charge in [-0.25, -0.2) is 8.42 Å². The molecule has 21 heavy (non-hydrogen) atoms. The van der Waals surface area contributed by atoms with Crippen molar-refractivity contribution in [1.82, 2.24) is 0 Å². The van der Waals surface area contributed by atoms with Crippen molar-refractivity contribution in [3.8, 4) is 5.75 Å². The van der Waals surface area contributed by atoms with Crippen LogP contribution in [0.15, 0.2) is 34.5 Å². The van der Waals surface area contributed by atoms with Crippen LogP contribution in [0.1, 0.15) is 0 Å². The molecule has 0 amide bonds. The van der Waals surface area contributed by atoms with Crippen LogP contribution in [0.5, 0.6) is 5.75 Å². The lowest BCUT2D eigenvalue weighted by molar-refractivity contribution is -0.384. The molecule has 0 aliphatic rings. The van der Waals surface area contributed by atoms with Crippen molar-refractivity contribution < 1.29 is 18.1 Å². The van der Waals surface area contributed by atoms with E-state index in [0.717, 1.165) is 17.4 Å². The Morgan fingerprint density at radius 3 is 2.57 bits per heavy atom. The number of hydrogen-bond donors (Lipinski definition) is 1. The fourth-order valence-electron chi connectivity index (χ4n) is 1.53. The number of anilines is 1. The number of non-ortho nitro benzene ring substituents is 1. The van der Waals surface area contributed by atoms with Gasteiger partial charge in [0.1, 0.15) is 9.96 Å². The molecule has 1 aromatic carbocycles. The van der Waals surface area contributed by atoms with Crippen molar-refractivity contribution >= 4 is 44.3 Å². The normalized spacial score (nSPS) is 11.1. The topological polar surface area (TPSA) is 98.5 Å². The minimum Gasteiger partial charge on any atom is -0.495 e. The van der Waals surface area contributed by atoms with Crippen LogP contribution in [-0.2, 0) is 10.0 Å². The minimum absolute atomic E-state index is 0.000981.